The average molecular weight is 578 g/mol. The van der Waals surface area contributed by atoms with Gasteiger partial charge in [0.2, 0.25) is 6.10 Å². The van der Waals surface area contributed by atoms with Gasteiger partial charge in [-0.25, -0.2) is 18.0 Å². The molecule has 1 aliphatic heterocycles. The number of hydrogen-bond donors (Lipinski definition) is 1. The van der Waals surface area contributed by atoms with Crippen LogP contribution >= 0.6 is 0 Å². The van der Waals surface area contributed by atoms with Gasteiger partial charge >= 0.3 is 5.97 Å². The molecule has 0 fully saturated rings. The molecular weight excluding hydrogens is 551 g/mol. The highest BCUT2D eigenvalue weighted by atomic mass is 19.1. The summed E-state index contributed by atoms with van der Waals surface area (Å²) in [4.78, 5) is 27.6. The number of benzene rings is 4. The summed E-state index contributed by atoms with van der Waals surface area (Å²) in [6, 6.07) is 20.2. The minimum atomic E-state index is -1.63. The summed E-state index contributed by atoms with van der Waals surface area (Å²) in [7, 11) is 1.47. The van der Waals surface area contributed by atoms with E-state index >= 15 is 0 Å². The van der Waals surface area contributed by atoms with Gasteiger partial charge in [0.25, 0.3) is 5.91 Å². The summed E-state index contributed by atoms with van der Waals surface area (Å²) in [5, 5.41) is 10.2. The third kappa shape index (κ3) is 5.88. The highest BCUT2D eigenvalue weighted by Crippen LogP contribution is 2.40. The van der Waals surface area contributed by atoms with E-state index in [0.29, 0.717) is 34.8 Å². The number of hydrogen-bond acceptors (Lipinski definition) is 5. The molecule has 10 heteroatoms. The van der Waals surface area contributed by atoms with E-state index in [1.807, 2.05) is 30.3 Å². The molecule has 2 atom stereocenters. The number of nitrogens with zero attached hydrogens (tertiary/aromatic N) is 1. The number of methoxy groups -OCH3 is 1. The summed E-state index contributed by atoms with van der Waals surface area (Å²) < 4.78 is 59.8. The molecule has 4 aromatic rings. The second-order valence-electron chi connectivity index (χ2n) is 9.64. The van der Waals surface area contributed by atoms with Crippen LogP contribution in [0.15, 0.2) is 84.9 Å². The molecule has 0 aromatic heterocycles. The number of ether oxygens (including phenoxy) is 3. The van der Waals surface area contributed by atoms with Crippen molar-refractivity contribution in [1.82, 2.24) is 4.90 Å². The summed E-state index contributed by atoms with van der Waals surface area (Å²) in [5.74, 6) is -6.16. The molecule has 42 heavy (non-hydrogen) atoms. The number of fused-ring (bicyclic) bond motifs is 1. The molecule has 0 spiro atoms. The van der Waals surface area contributed by atoms with E-state index < -0.39 is 47.2 Å². The van der Waals surface area contributed by atoms with Crippen molar-refractivity contribution in [2.75, 3.05) is 7.11 Å². The van der Waals surface area contributed by atoms with Crippen molar-refractivity contribution in [2.45, 2.75) is 31.7 Å². The SMILES string of the molecule is COc1ccc2c(c1OCc1ccccc1)C[C@H](C(=O)O)N(C(=O)[C@@H](Oc1c(F)cc(F)cc1F)c1ccccc1)C2. The monoisotopic (exact) mass is 577 g/mol. The van der Waals surface area contributed by atoms with Crippen LogP contribution in [0.5, 0.6) is 17.2 Å². The predicted molar refractivity (Wildman–Crippen MR) is 146 cm³/mol. The number of carbonyl (C=O) groups excluding carboxylic acids is 1. The first-order valence-corrected chi connectivity index (χ1v) is 13.0. The number of carboxylic acids is 1. The first-order valence-electron chi connectivity index (χ1n) is 13.0. The molecule has 1 N–H and O–H groups in total. The maximum Gasteiger partial charge on any atom is 0.326 e. The first-order chi connectivity index (χ1) is 20.3. The highest BCUT2D eigenvalue weighted by Gasteiger charge is 2.41. The summed E-state index contributed by atoms with van der Waals surface area (Å²) in [6.07, 6.45) is -1.76. The fourth-order valence-electron chi connectivity index (χ4n) is 4.92. The van der Waals surface area contributed by atoms with E-state index in [0.717, 1.165) is 10.5 Å². The molecule has 1 amide bonds. The zero-order valence-corrected chi connectivity index (χ0v) is 22.4. The molecule has 0 bridgehead atoms. The van der Waals surface area contributed by atoms with Crippen molar-refractivity contribution in [1.29, 1.82) is 0 Å². The van der Waals surface area contributed by atoms with Crippen LogP contribution in [-0.4, -0.2) is 35.0 Å². The molecule has 7 nitrogen and oxygen atoms in total. The lowest BCUT2D eigenvalue weighted by molar-refractivity contribution is -0.155. The quantitative estimate of drug-likeness (QED) is 0.269. The van der Waals surface area contributed by atoms with Gasteiger partial charge in [0, 0.05) is 36.2 Å². The Morgan fingerprint density at radius 3 is 2.19 bits per heavy atom. The Balaban J connectivity index is 1.51. The number of aliphatic carboxylic acids is 1. The molecule has 216 valence electrons. The molecule has 0 radical (unpaired) electrons. The first kappa shape index (κ1) is 28.5. The number of rotatable bonds is 9. The standard InChI is InChI=1S/C32H26F3NO6/c1-40-27-13-12-21-17-36(26(32(38)39)16-23(21)29(27)41-18-19-8-4-2-5-9-19)31(37)28(20-10-6-3-7-11-20)42-30-24(34)14-22(33)15-25(30)35/h2-15,26,28H,16-18H2,1H3,(H,38,39)/t26-,28+/m1/s1. The van der Waals surface area contributed by atoms with Crippen molar-refractivity contribution < 1.29 is 42.1 Å². The van der Waals surface area contributed by atoms with E-state index in [4.69, 9.17) is 14.2 Å². The van der Waals surface area contributed by atoms with Crippen molar-refractivity contribution in [2.24, 2.45) is 0 Å². The second-order valence-corrected chi connectivity index (χ2v) is 9.64. The van der Waals surface area contributed by atoms with Crippen LogP contribution in [0.25, 0.3) is 0 Å². The van der Waals surface area contributed by atoms with Gasteiger partial charge in [-0.1, -0.05) is 66.7 Å². The third-order valence-electron chi connectivity index (χ3n) is 6.98. The summed E-state index contributed by atoms with van der Waals surface area (Å²) in [6.45, 7) is 0.0463. The van der Waals surface area contributed by atoms with Crippen molar-refractivity contribution >= 4 is 11.9 Å². The van der Waals surface area contributed by atoms with Crippen LogP contribution in [0.1, 0.15) is 28.4 Å². The number of amides is 1. The second kappa shape index (κ2) is 12.3. The van der Waals surface area contributed by atoms with Gasteiger partial charge in [-0.2, -0.15) is 0 Å². The molecule has 4 aromatic carbocycles. The maximum atomic E-state index is 14.6. The molecular formula is C32H26F3NO6. The van der Waals surface area contributed by atoms with Gasteiger partial charge in [0.1, 0.15) is 18.5 Å². The largest absolute Gasteiger partial charge is 0.493 e. The van der Waals surface area contributed by atoms with Crippen LogP contribution in [0.2, 0.25) is 0 Å². The Hall–Kier alpha value is -4.99. The molecule has 5 rings (SSSR count). The van der Waals surface area contributed by atoms with E-state index in [9.17, 15) is 27.9 Å². The van der Waals surface area contributed by atoms with Crippen molar-refractivity contribution in [3.05, 3.63) is 125 Å². The Morgan fingerprint density at radius 2 is 1.57 bits per heavy atom. The van der Waals surface area contributed by atoms with E-state index in [1.165, 1.54) is 19.2 Å². The van der Waals surface area contributed by atoms with Gasteiger partial charge in [-0.3, -0.25) is 4.79 Å². The van der Waals surface area contributed by atoms with E-state index in [2.05, 4.69) is 0 Å². The summed E-state index contributed by atoms with van der Waals surface area (Å²) >= 11 is 0. The Morgan fingerprint density at radius 1 is 0.929 bits per heavy atom. The lowest BCUT2D eigenvalue weighted by Gasteiger charge is -2.37. The third-order valence-corrected chi connectivity index (χ3v) is 6.98. The van der Waals surface area contributed by atoms with Crippen LogP contribution in [0.4, 0.5) is 13.2 Å². The minimum absolute atomic E-state index is 0.126. The normalized spacial score (nSPS) is 15.0. The van der Waals surface area contributed by atoms with Gasteiger partial charge in [-0.05, 0) is 17.2 Å². The lowest BCUT2D eigenvalue weighted by Crippen LogP contribution is -2.51. The average Bonchev–Trinajstić information content (AvgIpc) is 2.99. The predicted octanol–water partition coefficient (Wildman–Crippen LogP) is 5.85. The zero-order chi connectivity index (χ0) is 29.8. The van der Waals surface area contributed by atoms with Crippen LogP contribution < -0.4 is 14.2 Å². The molecule has 0 saturated heterocycles. The van der Waals surface area contributed by atoms with Gasteiger partial charge in [0.15, 0.2) is 28.9 Å². The van der Waals surface area contributed by atoms with Crippen LogP contribution in [0, 0.1) is 17.5 Å². The van der Waals surface area contributed by atoms with Gasteiger partial charge < -0.3 is 24.2 Å². The van der Waals surface area contributed by atoms with Crippen LogP contribution in [-0.2, 0) is 29.2 Å². The molecule has 0 unspecified atom stereocenters. The minimum Gasteiger partial charge on any atom is -0.493 e. The molecule has 0 aliphatic carbocycles. The lowest BCUT2D eigenvalue weighted by atomic mass is 9.91. The molecule has 0 saturated carbocycles. The topological polar surface area (TPSA) is 85.3 Å². The number of carboxylic acid groups (broad SMARTS) is 1. The fourth-order valence-corrected chi connectivity index (χ4v) is 4.92. The van der Waals surface area contributed by atoms with Gasteiger partial charge in [0.05, 0.1) is 7.11 Å². The summed E-state index contributed by atoms with van der Waals surface area (Å²) in [5.41, 5.74) is 2.29. The number of halogens is 3. The van der Waals surface area contributed by atoms with Crippen molar-refractivity contribution in [3.63, 3.8) is 0 Å². The Kier molecular flexibility index (Phi) is 8.33. The van der Waals surface area contributed by atoms with E-state index in [-0.39, 0.29) is 25.1 Å². The fraction of sp³-hybridized carbons (Fsp3) is 0.188. The van der Waals surface area contributed by atoms with Crippen LogP contribution in [0.3, 0.4) is 0 Å². The maximum absolute atomic E-state index is 14.6. The number of carbonyl (C=O) groups is 2. The van der Waals surface area contributed by atoms with Gasteiger partial charge in [-0.15, -0.1) is 0 Å². The zero-order valence-electron chi connectivity index (χ0n) is 22.4. The van der Waals surface area contributed by atoms with Crippen molar-refractivity contribution in [3.8, 4) is 17.2 Å². The Bertz CT molecular complexity index is 1580. The molecule has 1 heterocycles. The smallest absolute Gasteiger partial charge is 0.326 e. The van der Waals surface area contributed by atoms with E-state index in [1.54, 1.807) is 30.3 Å². The Labute approximate surface area is 239 Å². The highest BCUT2D eigenvalue weighted by molar-refractivity contribution is 5.88. The molecule has 1 aliphatic rings.